The minimum absolute atomic E-state index is 0.451. The zero-order valence-electron chi connectivity index (χ0n) is 11.1. The third-order valence-electron chi connectivity index (χ3n) is 2.99. The van der Waals surface area contributed by atoms with Gasteiger partial charge in [0.15, 0.2) is 0 Å². The number of unbranched alkanes of at least 4 members (excludes halogenated alkanes) is 3. The zero-order chi connectivity index (χ0) is 12.7. The zero-order valence-corrected chi connectivity index (χ0v) is 11.1. The third-order valence-corrected chi connectivity index (χ3v) is 2.99. The molecule has 4 nitrogen and oxygen atoms in total. The Morgan fingerprint density at radius 2 is 1.88 bits per heavy atom. The maximum absolute atomic E-state index is 5.72. The van der Waals surface area contributed by atoms with Crippen molar-refractivity contribution in [3.63, 3.8) is 0 Å². The van der Waals surface area contributed by atoms with Gasteiger partial charge < -0.3 is 10.5 Å². The van der Waals surface area contributed by atoms with Crippen LogP contribution >= 0.6 is 0 Å². The third kappa shape index (κ3) is 3.97. The lowest BCUT2D eigenvalue weighted by atomic mass is 10.1. The van der Waals surface area contributed by atoms with Gasteiger partial charge in [-0.1, -0.05) is 26.2 Å². The summed E-state index contributed by atoms with van der Waals surface area (Å²) in [6, 6.07) is 0. The Balaban J connectivity index is 2.56. The molecule has 1 rings (SSSR count). The van der Waals surface area contributed by atoms with Crippen LogP contribution in [0.25, 0.3) is 0 Å². The lowest BCUT2D eigenvalue weighted by Gasteiger charge is -2.11. The van der Waals surface area contributed by atoms with Crippen LogP contribution < -0.4 is 10.5 Å². The predicted octanol–water partition coefficient (Wildman–Crippen LogP) is 2.51. The number of nitrogens with zero attached hydrogens (tertiary/aromatic N) is 2. The molecule has 96 valence electrons. The SMILES string of the molecule is CCCCCCOc1nnc(C)c(C)c1CN. The Bertz CT molecular complexity index is 353. The molecule has 0 aromatic carbocycles. The van der Waals surface area contributed by atoms with Gasteiger partial charge in [0.2, 0.25) is 5.88 Å². The molecule has 0 saturated heterocycles. The van der Waals surface area contributed by atoms with Gasteiger partial charge in [0.05, 0.1) is 12.3 Å². The van der Waals surface area contributed by atoms with Gasteiger partial charge in [-0.25, -0.2) is 0 Å². The first kappa shape index (κ1) is 13.9. The summed E-state index contributed by atoms with van der Waals surface area (Å²) in [6.45, 7) is 7.29. The normalized spacial score (nSPS) is 10.6. The molecule has 1 heterocycles. The second kappa shape index (κ2) is 7.22. The van der Waals surface area contributed by atoms with E-state index in [9.17, 15) is 0 Å². The molecule has 0 fully saturated rings. The van der Waals surface area contributed by atoms with Crippen molar-refractivity contribution in [2.45, 2.75) is 53.0 Å². The average Bonchev–Trinajstić information content (AvgIpc) is 2.33. The maximum Gasteiger partial charge on any atom is 0.238 e. The van der Waals surface area contributed by atoms with Crippen molar-refractivity contribution in [3.8, 4) is 5.88 Å². The molecule has 1 aromatic heterocycles. The van der Waals surface area contributed by atoms with E-state index in [0.29, 0.717) is 19.0 Å². The minimum Gasteiger partial charge on any atom is -0.476 e. The van der Waals surface area contributed by atoms with E-state index in [4.69, 9.17) is 10.5 Å². The van der Waals surface area contributed by atoms with Gasteiger partial charge in [-0.3, -0.25) is 0 Å². The molecule has 0 aliphatic rings. The van der Waals surface area contributed by atoms with E-state index in [1.165, 1.54) is 19.3 Å². The van der Waals surface area contributed by atoms with Crippen molar-refractivity contribution < 1.29 is 4.74 Å². The first-order chi connectivity index (χ1) is 8.20. The van der Waals surface area contributed by atoms with E-state index in [-0.39, 0.29) is 0 Å². The molecule has 0 aliphatic heterocycles. The van der Waals surface area contributed by atoms with Crippen LogP contribution in [0.4, 0.5) is 0 Å². The quantitative estimate of drug-likeness (QED) is 0.740. The summed E-state index contributed by atoms with van der Waals surface area (Å²) in [6.07, 6.45) is 4.75. The van der Waals surface area contributed by atoms with Gasteiger partial charge in [0, 0.05) is 12.1 Å². The van der Waals surface area contributed by atoms with Crippen LogP contribution in [0.5, 0.6) is 5.88 Å². The standard InChI is InChI=1S/C13H23N3O/c1-4-5-6-7-8-17-13-12(9-14)10(2)11(3)15-16-13/h4-9,14H2,1-3H3. The fourth-order valence-corrected chi connectivity index (χ4v) is 1.69. The van der Waals surface area contributed by atoms with E-state index < -0.39 is 0 Å². The molecule has 4 heteroatoms. The highest BCUT2D eigenvalue weighted by Gasteiger charge is 2.10. The molecule has 0 atom stereocenters. The fourth-order valence-electron chi connectivity index (χ4n) is 1.69. The summed E-state index contributed by atoms with van der Waals surface area (Å²) in [4.78, 5) is 0. The molecule has 0 bridgehead atoms. The van der Waals surface area contributed by atoms with Crippen molar-refractivity contribution in [1.29, 1.82) is 0 Å². The van der Waals surface area contributed by atoms with Crippen LogP contribution in [0.15, 0.2) is 0 Å². The Morgan fingerprint density at radius 3 is 2.53 bits per heavy atom. The highest BCUT2D eigenvalue weighted by molar-refractivity contribution is 5.34. The van der Waals surface area contributed by atoms with E-state index >= 15 is 0 Å². The summed E-state index contributed by atoms with van der Waals surface area (Å²) in [7, 11) is 0. The molecule has 0 saturated carbocycles. The smallest absolute Gasteiger partial charge is 0.238 e. The molecular formula is C13H23N3O. The molecule has 17 heavy (non-hydrogen) atoms. The Labute approximate surface area is 104 Å². The van der Waals surface area contributed by atoms with Crippen molar-refractivity contribution in [1.82, 2.24) is 10.2 Å². The topological polar surface area (TPSA) is 61.0 Å². The van der Waals surface area contributed by atoms with Gasteiger partial charge in [-0.2, -0.15) is 5.10 Å². The second-order valence-corrected chi connectivity index (χ2v) is 4.31. The lowest BCUT2D eigenvalue weighted by Crippen LogP contribution is -2.10. The number of aromatic nitrogens is 2. The first-order valence-corrected chi connectivity index (χ1v) is 6.36. The number of ether oxygens (including phenoxy) is 1. The average molecular weight is 237 g/mol. The molecule has 0 radical (unpaired) electrons. The number of aryl methyl sites for hydroxylation is 1. The molecule has 2 N–H and O–H groups in total. The molecule has 0 aliphatic carbocycles. The highest BCUT2D eigenvalue weighted by atomic mass is 16.5. The van der Waals surface area contributed by atoms with E-state index in [2.05, 4.69) is 17.1 Å². The van der Waals surface area contributed by atoms with Crippen LogP contribution in [0.3, 0.4) is 0 Å². The number of hydrogen-bond acceptors (Lipinski definition) is 4. The first-order valence-electron chi connectivity index (χ1n) is 6.36. The molecule has 0 unspecified atom stereocenters. The van der Waals surface area contributed by atoms with E-state index in [0.717, 1.165) is 23.2 Å². The maximum atomic E-state index is 5.72. The van der Waals surface area contributed by atoms with E-state index in [1.54, 1.807) is 0 Å². The second-order valence-electron chi connectivity index (χ2n) is 4.31. The van der Waals surface area contributed by atoms with Gasteiger partial charge >= 0.3 is 0 Å². The highest BCUT2D eigenvalue weighted by Crippen LogP contribution is 2.19. The lowest BCUT2D eigenvalue weighted by molar-refractivity contribution is 0.286. The molecule has 1 aromatic rings. The number of rotatable bonds is 7. The molecule has 0 amide bonds. The van der Waals surface area contributed by atoms with Gasteiger partial charge in [0.25, 0.3) is 0 Å². The fraction of sp³-hybridized carbons (Fsp3) is 0.692. The molecule has 0 spiro atoms. The van der Waals surface area contributed by atoms with Gasteiger partial charge in [0.1, 0.15) is 0 Å². The minimum atomic E-state index is 0.451. The summed E-state index contributed by atoms with van der Waals surface area (Å²) in [5.41, 5.74) is 8.71. The van der Waals surface area contributed by atoms with Crippen LogP contribution in [0, 0.1) is 13.8 Å². The van der Waals surface area contributed by atoms with Crippen LogP contribution in [-0.2, 0) is 6.54 Å². The largest absolute Gasteiger partial charge is 0.476 e. The Morgan fingerprint density at radius 1 is 1.12 bits per heavy atom. The number of nitrogens with two attached hydrogens (primary N) is 1. The monoisotopic (exact) mass is 237 g/mol. The van der Waals surface area contributed by atoms with Gasteiger partial charge in [-0.15, -0.1) is 5.10 Å². The van der Waals surface area contributed by atoms with Crippen molar-refractivity contribution >= 4 is 0 Å². The Kier molecular flexibility index (Phi) is 5.91. The van der Waals surface area contributed by atoms with Crippen LogP contribution in [-0.4, -0.2) is 16.8 Å². The molecular weight excluding hydrogens is 214 g/mol. The summed E-state index contributed by atoms with van der Waals surface area (Å²) < 4.78 is 5.66. The predicted molar refractivity (Wildman–Crippen MR) is 69.0 cm³/mol. The summed E-state index contributed by atoms with van der Waals surface area (Å²) >= 11 is 0. The van der Waals surface area contributed by atoms with Crippen molar-refractivity contribution in [2.24, 2.45) is 5.73 Å². The van der Waals surface area contributed by atoms with Crippen molar-refractivity contribution in [2.75, 3.05) is 6.61 Å². The summed E-state index contributed by atoms with van der Waals surface area (Å²) in [5, 5.41) is 8.15. The van der Waals surface area contributed by atoms with Gasteiger partial charge in [-0.05, 0) is 25.8 Å². The van der Waals surface area contributed by atoms with Crippen molar-refractivity contribution in [3.05, 3.63) is 16.8 Å². The van der Waals surface area contributed by atoms with E-state index in [1.807, 2.05) is 13.8 Å². The summed E-state index contributed by atoms with van der Waals surface area (Å²) in [5.74, 6) is 0.604. The van der Waals surface area contributed by atoms with Crippen LogP contribution in [0.1, 0.15) is 49.4 Å². The Hall–Kier alpha value is -1.16. The van der Waals surface area contributed by atoms with Crippen LogP contribution in [0.2, 0.25) is 0 Å². The number of hydrogen-bond donors (Lipinski definition) is 1.